The standard InChI is InChI=1S/C26H30Cl2N2O3/c1-2-14-33-24-16-19(29-25(31)20-11-9-18(27)15-22(20)28)10-12-21(24)26(32)30-13-5-7-17-6-3-4-8-23(17)30/h9-12,15-17,23H,2-8,13-14H2,1H3,(H,29,31). The molecule has 1 N–H and O–H groups in total. The van der Waals surface area contributed by atoms with Crippen molar-refractivity contribution in [3.63, 3.8) is 0 Å². The van der Waals surface area contributed by atoms with Gasteiger partial charge >= 0.3 is 0 Å². The van der Waals surface area contributed by atoms with Crippen molar-refractivity contribution in [2.45, 2.75) is 57.9 Å². The number of anilines is 1. The molecule has 2 aromatic carbocycles. The Balaban J connectivity index is 1.57. The lowest BCUT2D eigenvalue weighted by molar-refractivity contribution is 0.0387. The number of nitrogens with one attached hydrogen (secondary N) is 1. The highest BCUT2D eigenvalue weighted by Gasteiger charge is 2.36. The van der Waals surface area contributed by atoms with Gasteiger partial charge in [-0.15, -0.1) is 0 Å². The lowest BCUT2D eigenvalue weighted by Crippen LogP contribution is -2.49. The van der Waals surface area contributed by atoms with Crippen molar-refractivity contribution in [2.24, 2.45) is 5.92 Å². The van der Waals surface area contributed by atoms with E-state index in [1.165, 1.54) is 31.7 Å². The third kappa shape index (κ3) is 5.47. The number of nitrogens with zero attached hydrogens (tertiary/aromatic N) is 1. The second-order valence-electron chi connectivity index (χ2n) is 8.89. The summed E-state index contributed by atoms with van der Waals surface area (Å²) in [5.74, 6) is 0.786. The molecule has 0 radical (unpaired) electrons. The minimum absolute atomic E-state index is 0.0244. The fourth-order valence-electron chi connectivity index (χ4n) is 5.01. The molecule has 1 saturated heterocycles. The number of rotatable bonds is 6. The van der Waals surface area contributed by atoms with Gasteiger partial charge in [0.15, 0.2) is 0 Å². The van der Waals surface area contributed by atoms with E-state index in [1.807, 2.05) is 6.92 Å². The van der Waals surface area contributed by atoms with Crippen LogP contribution in [-0.4, -0.2) is 35.9 Å². The minimum atomic E-state index is -0.349. The summed E-state index contributed by atoms with van der Waals surface area (Å²) in [4.78, 5) is 28.4. The number of halogens is 2. The first-order valence-corrected chi connectivity index (χ1v) is 12.6. The van der Waals surface area contributed by atoms with E-state index in [4.69, 9.17) is 27.9 Å². The Morgan fingerprint density at radius 3 is 2.58 bits per heavy atom. The van der Waals surface area contributed by atoms with Crippen LogP contribution in [0.5, 0.6) is 5.75 Å². The Hall–Kier alpha value is -2.24. The largest absolute Gasteiger partial charge is 0.493 e. The molecule has 2 aromatic rings. The van der Waals surface area contributed by atoms with Crippen LogP contribution in [-0.2, 0) is 0 Å². The summed E-state index contributed by atoms with van der Waals surface area (Å²) in [6.07, 6.45) is 7.82. The number of ether oxygens (including phenoxy) is 1. The Bertz CT molecular complexity index is 1020. The van der Waals surface area contributed by atoms with Crippen molar-refractivity contribution >= 4 is 40.7 Å². The zero-order valence-corrected chi connectivity index (χ0v) is 20.4. The summed E-state index contributed by atoms with van der Waals surface area (Å²) < 4.78 is 5.96. The van der Waals surface area contributed by atoms with E-state index in [1.54, 1.807) is 30.3 Å². The number of fused-ring (bicyclic) bond motifs is 1. The predicted molar refractivity (Wildman–Crippen MR) is 133 cm³/mol. The third-order valence-corrected chi connectivity index (χ3v) is 7.16. The van der Waals surface area contributed by atoms with Crippen LogP contribution >= 0.6 is 23.2 Å². The van der Waals surface area contributed by atoms with Crippen LogP contribution in [0.25, 0.3) is 0 Å². The molecular weight excluding hydrogens is 459 g/mol. The first-order chi connectivity index (χ1) is 16.0. The maximum Gasteiger partial charge on any atom is 0.257 e. The molecule has 0 bridgehead atoms. The van der Waals surface area contributed by atoms with Crippen LogP contribution in [0.4, 0.5) is 5.69 Å². The van der Waals surface area contributed by atoms with Crippen molar-refractivity contribution in [1.82, 2.24) is 4.90 Å². The Morgan fingerprint density at radius 1 is 1.03 bits per heavy atom. The second kappa shape index (κ2) is 10.8. The van der Waals surface area contributed by atoms with Crippen LogP contribution in [0.1, 0.15) is 72.6 Å². The highest BCUT2D eigenvalue weighted by molar-refractivity contribution is 6.37. The number of hydrogen-bond donors (Lipinski definition) is 1. The number of benzene rings is 2. The SMILES string of the molecule is CCCOc1cc(NC(=O)c2ccc(Cl)cc2Cl)ccc1C(=O)N1CCCC2CCCCC21. The molecule has 2 fully saturated rings. The molecule has 4 rings (SSSR count). The molecule has 1 heterocycles. The average molecular weight is 489 g/mol. The summed E-state index contributed by atoms with van der Waals surface area (Å²) in [6.45, 7) is 3.31. The van der Waals surface area contributed by atoms with Crippen molar-refractivity contribution in [3.05, 3.63) is 57.6 Å². The first kappa shape index (κ1) is 23.9. The Labute approximate surface area is 205 Å². The van der Waals surface area contributed by atoms with Crippen molar-refractivity contribution in [3.8, 4) is 5.75 Å². The molecule has 33 heavy (non-hydrogen) atoms. The predicted octanol–water partition coefficient (Wildman–Crippen LogP) is 6.83. The second-order valence-corrected chi connectivity index (χ2v) is 9.73. The number of hydrogen-bond acceptors (Lipinski definition) is 3. The number of carbonyl (C=O) groups is 2. The molecule has 2 unspecified atom stereocenters. The van der Waals surface area contributed by atoms with Crippen LogP contribution in [0.15, 0.2) is 36.4 Å². The van der Waals surface area contributed by atoms with Gasteiger partial charge in [-0.25, -0.2) is 0 Å². The molecule has 1 aliphatic carbocycles. The van der Waals surface area contributed by atoms with E-state index in [0.717, 1.165) is 25.8 Å². The van der Waals surface area contributed by atoms with E-state index in [2.05, 4.69) is 10.2 Å². The quantitative estimate of drug-likeness (QED) is 0.484. The van der Waals surface area contributed by atoms with Gasteiger partial charge in [0.2, 0.25) is 0 Å². The normalized spacial score (nSPS) is 20.2. The molecule has 1 saturated carbocycles. The number of likely N-dealkylation sites (tertiary alicyclic amines) is 1. The van der Waals surface area contributed by atoms with Crippen LogP contribution in [0.3, 0.4) is 0 Å². The summed E-state index contributed by atoms with van der Waals surface area (Å²) in [5.41, 5.74) is 1.42. The molecule has 7 heteroatoms. The molecule has 176 valence electrons. The van der Waals surface area contributed by atoms with Gasteiger partial charge < -0.3 is 15.0 Å². The average Bonchev–Trinajstić information content (AvgIpc) is 2.82. The lowest BCUT2D eigenvalue weighted by Gasteiger charge is -2.44. The van der Waals surface area contributed by atoms with Crippen molar-refractivity contribution in [2.75, 3.05) is 18.5 Å². The molecule has 1 aliphatic heterocycles. The molecule has 2 aliphatic rings. The van der Waals surface area contributed by atoms with Crippen molar-refractivity contribution < 1.29 is 14.3 Å². The van der Waals surface area contributed by atoms with Gasteiger partial charge in [-0.2, -0.15) is 0 Å². The van der Waals surface area contributed by atoms with E-state index in [-0.39, 0.29) is 16.8 Å². The van der Waals surface area contributed by atoms with Gasteiger partial charge in [-0.3, -0.25) is 9.59 Å². The molecule has 5 nitrogen and oxygen atoms in total. The summed E-state index contributed by atoms with van der Waals surface area (Å²) in [6, 6.07) is 10.3. The zero-order chi connectivity index (χ0) is 23.4. The third-order valence-electron chi connectivity index (χ3n) is 6.61. The van der Waals surface area contributed by atoms with Gasteiger partial charge in [0, 0.05) is 29.4 Å². The van der Waals surface area contributed by atoms with Gasteiger partial charge in [0.25, 0.3) is 11.8 Å². The lowest BCUT2D eigenvalue weighted by atomic mass is 9.78. The maximum atomic E-state index is 13.6. The molecular formula is C26H30Cl2N2O3. The molecule has 0 spiro atoms. The summed E-state index contributed by atoms with van der Waals surface area (Å²) in [7, 11) is 0. The van der Waals surface area contributed by atoms with Gasteiger partial charge in [0.1, 0.15) is 5.75 Å². The molecule has 0 aromatic heterocycles. The Kier molecular flexibility index (Phi) is 7.82. The van der Waals surface area contributed by atoms with E-state index < -0.39 is 0 Å². The van der Waals surface area contributed by atoms with Crippen LogP contribution in [0, 0.1) is 5.92 Å². The van der Waals surface area contributed by atoms with E-state index in [0.29, 0.717) is 46.2 Å². The first-order valence-electron chi connectivity index (χ1n) is 11.8. The highest BCUT2D eigenvalue weighted by atomic mass is 35.5. The maximum absolute atomic E-state index is 13.6. The van der Waals surface area contributed by atoms with Gasteiger partial charge in [-0.05, 0) is 68.4 Å². The molecule has 2 amide bonds. The molecule has 2 atom stereocenters. The monoisotopic (exact) mass is 488 g/mol. The fourth-order valence-corrected chi connectivity index (χ4v) is 5.51. The number of piperidine rings is 1. The summed E-state index contributed by atoms with van der Waals surface area (Å²) in [5, 5.41) is 3.60. The minimum Gasteiger partial charge on any atom is -0.493 e. The number of amides is 2. The van der Waals surface area contributed by atoms with Crippen LogP contribution < -0.4 is 10.1 Å². The highest BCUT2D eigenvalue weighted by Crippen LogP contribution is 2.37. The Morgan fingerprint density at radius 2 is 1.79 bits per heavy atom. The zero-order valence-electron chi connectivity index (χ0n) is 18.9. The topological polar surface area (TPSA) is 58.6 Å². The fraction of sp³-hybridized carbons (Fsp3) is 0.462. The van der Waals surface area contributed by atoms with E-state index >= 15 is 0 Å². The van der Waals surface area contributed by atoms with Gasteiger partial charge in [-0.1, -0.05) is 43.0 Å². The smallest absolute Gasteiger partial charge is 0.257 e. The van der Waals surface area contributed by atoms with E-state index in [9.17, 15) is 9.59 Å². The van der Waals surface area contributed by atoms with Gasteiger partial charge in [0.05, 0.1) is 22.8 Å². The summed E-state index contributed by atoms with van der Waals surface area (Å²) >= 11 is 12.1. The van der Waals surface area contributed by atoms with Crippen LogP contribution in [0.2, 0.25) is 10.0 Å². The number of carbonyl (C=O) groups excluding carboxylic acids is 2. The van der Waals surface area contributed by atoms with Crippen molar-refractivity contribution in [1.29, 1.82) is 0 Å².